The molecule has 32 heavy (non-hydrogen) atoms. The van der Waals surface area contributed by atoms with Crippen LogP contribution in [0.15, 0.2) is 42.9 Å². The number of amides is 1. The van der Waals surface area contributed by atoms with Crippen molar-refractivity contribution in [3.8, 4) is 11.3 Å². The summed E-state index contributed by atoms with van der Waals surface area (Å²) in [6, 6.07) is 7.51. The monoisotopic (exact) mass is 433 g/mol. The average molecular weight is 434 g/mol. The lowest BCUT2D eigenvalue weighted by atomic mass is 10.1. The molecule has 9 nitrogen and oxygen atoms in total. The first kappa shape index (κ1) is 20.4. The van der Waals surface area contributed by atoms with Crippen molar-refractivity contribution in [2.75, 3.05) is 54.5 Å². The van der Waals surface area contributed by atoms with Crippen LogP contribution in [-0.4, -0.2) is 65.5 Å². The number of aromatic amines is 1. The average Bonchev–Trinajstić information content (AvgIpc) is 3.41. The van der Waals surface area contributed by atoms with Gasteiger partial charge in [0, 0.05) is 44.0 Å². The number of nitrogens with zero attached hydrogens (tertiary/aromatic N) is 5. The Labute approximate surface area is 186 Å². The number of nitrogens with one attached hydrogen (secondary N) is 2. The van der Waals surface area contributed by atoms with Gasteiger partial charge in [0.05, 0.1) is 42.7 Å². The molecule has 9 heteroatoms. The van der Waals surface area contributed by atoms with E-state index in [0.29, 0.717) is 30.3 Å². The molecule has 5 heterocycles. The summed E-state index contributed by atoms with van der Waals surface area (Å²) in [5.74, 6) is 0.668. The Kier molecular flexibility index (Phi) is 5.98. The molecule has 5 rings (SSSR count). The van der Waals surface area contributed by atoms with Crippen molar-refractivity contribution >= 4 is 23.1 Å². The number of hydrogen-bond donors (Lipinski definition) is 2. The molecule has 0 unspecified atom stereocenters. The van der Waals surface area contributed by atoms with Gasteiger partial charge in [-0.2, -0.15) is 5.10 Å². The topological polar surface area (TPSA) is 99.3 Å². The summed E-state index contributed by atoms with van der Waals surface area (Å²) in [6.07, 6.45) is 8.75. The molecule has 0 saturated carbocycles. The number of carbonyl (C=O) groups is 1. The minimum Gasteiger partial charge on any atom is -0.378 e. The fourth-order valence-corrected chi connectivity index (χ4v) is 4.19. The predicted molar refractivity (Wildman–Crippen MR) is 123 cm³/mol. The van der Waals surface area contributed by atoms with E-state index in [1.807, 2.05) is 12.1 Å². The molecule has 2 N–H and O–H groups in total. The highest BCUT2D eigenvalue weighted by Gasteiger charge is 2.21. The maximum Gasteiger partial charge on any atom is 0.274 e. The summed E-state index contributed by atoms with van der Waals surface area (Å²) in [4.78, 5) is 26.8. The number of ether oxygens (including phenoxy) is 1. The molecule has 0 spiro atoms. The van der Waals surface area contributed by atoms with E-state index < -0.39 is 0 Å². The Hall–Kier alpha value is -3.46. The Bertz CT molecular complexity index is 1060. The van der Waals surface area contributed by atoms with Gasteiger partial charge in [0.15, 0.2) is 0 Å². The van der Waals surface area contributed by atoms with Crippen molar-refractivity contribution in [1.82, 2.24) is 20.2 Å². The first-order chi connectivity index (χ1) is 15.8. The summed E-state index contributed by atoms with van der Waals surface area (Å²) >= 11 is 0. The van der Waals surface area contributed by atoms with Gasteiger partial charge in [0.2, 0.25) is 0 Å². The molecule has 3 aromatic heterocycles. The Morgan fingerprint density at radius 2 is 1.88 bits per heavy atom. The fourth-order valence-electron chi connectivity index (χ4n) is 4.19. The second kappa shape index (κ2) is 9.35. The lowest BCUT2D eigenvalue weighted by molar-refractivity contribution is 0.102. The minimum absolute atomic E-state index is 0.255. The number of anilines is 3. The van der Waals surface area contributed by atoms with Gasteiger partial charge in [0.1, 0.15) is 11.5 Å². The minimum atomic E-state index is -0.255. The van der Waals surface area contributed by atoms with Crippen LogP contribution in [0, 0.1) is 0 Å². The SMILES string of the molecule is O=C(Nc1cnc(N2CCOCC2)cc1N1CCCCC1)c1cccc(-c2cn[nH]c2)n1. The number of H-pyrrole nitrogens is 1. The van der Waals surface area contributed by atoms with E-state index in [0.717, 1.165) is 56.1 Å². The van der Waals surface area contributed by atoms with Crippen LogP contribution in [0.1, 0.15) is 29.8 Å². The van der Waals surface area contributed by atoms with Gasteiger partial charge in [-0.25, -0.2) is 9.97 Å². The highest BCUT2D eigenvalue weighted by atomic mass is 16.5. The van der Waals surface area contributed by atoms with Crippen molar-refractivity contribution in [2.45, 2.75) is 19.3 Å². The molecule has 1 amide bonds. The largest absolute Gasteiger partial charge is 0.378 e. The molecule has 3 aromatic rings. The standard InChI is InChI=1S/C23H27N7O2/c31-23(19-6-4-5-18(27-19)17-14-25-26-15-17)28-20-16-24-22(30-9-11-32-12-10-30)13-21(20)29-7-2-1-3-8-29/h4-6,13-16H,1-3,7-12H2,(H,25,26)(H,28,31). The smallest absolute Gasteiger partial charge is 0.274 e. The number of hydrogen-bond acceptors (Lipinski definition) is 7. The maximum atomic E-state index is 13.1. The van der Waals surface area contributed by atoms with Crippen LogP contribution >= 0.6 is 0 Å². The Balaban J connectivity index is 1.42. The van der Waals surface area contributed by atoms with E-state index in [1.54, 1.807) is 24.7 Å². The second-order valence-corrected chi connectivity index (χ2v) is 8.06. The molecule has 0 atom stereocenters. The van der Waals surface area contributed by atoms with Crippen molar-refractivity contribution in [3.05, 3.63) is 48.5 Å². The van der Waals surface area contributed by atoms with Gasteiger partial charge >= 0.3 is 0 Å². The van der Waals surface area contributed by atoms with E-state index in [-0.39, 0.29) is 5.91 Å². The van der Waals surface area contributed by atoms with Crippen LogP contribution in [0.4, 0.5) is 17.2 Å². The zero-order valence-corrected chi connectivity index (χ0v) is 18.0. The first-order valence-corrected chi connectivity index (χ1v) is 11.1. The quantitative estimate of drug-likeness (QED) is 0.638. The van der Waals surface area contributed by atoms with E-state index >= 15 is 0 Å². The molecule has 0 radical (unpaired) electrons. The second-order valence-electron chi connectivity index (χ2n) is 8.06. The summed E-state index contributed by atoms with van der Waals surface area (Å²) in [5, 5.41) is 9.79. The molecule has 2 saturated heterocycles. The molecule has 166 valence electrons. The number of aromatic nitrogens is 4. The zero-order chi connectivity index (χ0) is 21.8. The molecular weight excluding hydrogens is 406 g/mol. The van der Waals surface area contributed by atoms with Crippen LogP contribution < -0.4 is 15.1 Å². The number of carbonyl (C=O) groups excluding carboxylic acids is 1. The lowest BCUT2D eigenvalue weighted by Crippen LogP contribution is -2.37. The zero-order valence-electron chi connectivity index (χ0n) is 18.0. The van der Waals surface area contributed by atoms with Crippen LogP contribution in [0.3, 0.4) is 0 Å². The first-order valence-electron chi connectivity index (χ1n) is 11.1. The van der Waals surface area contributed by atoms with E-state index in [1.165, 1.54) is 6.42 Å². The third-order valence-corrected chi connectivity index (χ3v) is 5.92. The maximum absolute atomic E-state index is 13.1. The molecule has 0 bridgehead atoms. The molecule has 0 aliphatic carbocycles. The lowest BCUT2D eigenvalue weighted by Gasteiger charge is -2.33. The third-order valence-electron chi connectivity index (χ3n) is 5.92. The summed E-state index contributed by atoms with van der Waals surface area (Å²) in [5.41, 5.74) is 3.61. The van der Waals surface area contributed by atoms with Gasteiger partial charge in [0.25, 0.3) is 5.91 Å². The molecule has 0 aromatic carbocycles. The van der Waals surface area contributed by atoms with Gasteiger partial charge < -0.3 is 19.9 Å². The van der Waals surface area contributed by atoms with Crippen LogP contribution in [0.2, 0.25) is 0 Å². The van der Waals surface area contributed by atoms with Crippen molar-refractivity contribution in [1.29, 1.82) is 0 Å². The Morgan fingerprint density at radius 3 is 2.66 bits per heavy atom. The highest BCUT2D eigenvalue weighted by Crippen LogP contribution is 2.32. The van der Waals surface area contributed by atoms with E-state index in [4.69, 9.17) is 4.74 Å². The molecule has 2 aliphatic rings. The van der Waals surface area contributed by atoms with Gasteiger partial charge in [-0.1, -0.05) is 6.07 Å². The van der Waals surface area contributed by atoms with Gasteiger partial charge in [-0.3, -0.25) is 9.89 Å². The van der Waals surface area contributed by atoms with E-state index in [9.17, 15) is 4.79 Å². The molecule has 2 fully saturated rings. The van der Waals surface area contributed by atoms with Crippen molar-refractivity contribution in [2.24, 2.45) is 0 Å². The van der Waals surface area contributed by atoms with Crippen LogP contribution in [0.5, 0.6) is 0 Å². The van der Waals surface area contributed by atoms with Crippen LogP contribution in [0.25, 0.3) is 11.3 Å². The molecule has 2 aliphatic heterocycles. The van der Waals surface area contributed by atoms with Gasteiger partial charge in [-0.15, -0.1) is 0 Å². The van der Waals surface area contributed by atoms with Gasteiger partial charge in [-0.05, 0) is 31.4 Å². The summed E-state index contributed by atoms with van der Waals surface area (Å²) in [7, 11) is 0. The van der Waals surface area contributed by atoms with Crippen molar-refractivity contribution in [3.63, 3.8) is 0 Å². The van der Waals surface area contributed by atoms with Crippen molar-refractivity contribution < 1.29 is 9.53 Å². The fraction of sp³-hybridized carbons (Fsp3) is 0.391. The number of piperidine rings is 1. The number of pyridine rings is 2. The Morgan fingerprint density at radius 1 is 1.03 bits per heavy atom. The summed E-state index contributed by atoms with van der Waals surface area (Å²) < 4.78 is 5.48. The highest BCUT2D eigenvalue weighted by molar-refractivity contribution is 6.05. The summed E-state index contributed by atoms with van der Waals surface area (Å²) in [6.45, 7) is 5.01. The number of morpholine rings is 1. The number of rotatable bonds is 5. The van der Waals surface area contributed by atoms with E-state index in [2.05, 4.69) is 41.3 Å². The predicted octanol–water partition coefficient (Wildman–Crippen LogP) is 2.95. The molecular formula is C23H27N7O2. The van der Waals surface area contributed by atoms with Crippen LogP contribution in [-0.2, 0) is 4.74 Å². The third kappa shape index (κ3) is 4.43. The normalized spacial score (nSPS) is 16.8.